The maximum Gasteiger partial charge on any atom is 0.302 e. The van der Waals surface area contributed by atoms with Crippen LogP contribution in [-0.4, -0.2) is 15.7 Å². The minimum absolute atomic E-state index is 0.00938. The molecule has 0 radical (unpaired) electrons. The molecule has 0 saturated heterocycles. The van der Waals surface area contributed by atoms with Gasteiger partial charge in [-0.15, -0.1) is 0 Å². The van der Waals surface area contributed by atoms with Crippen molar-refractivity contribution in [3.05, 3.63) is 68.5 Å². The molecule has 0 spiro atoms. The van der Waals surface area contributed by atoms with Crippen LogP contribution in [0.25, 0.3) is 16.5 Å². The fourth-order valence-corrected chi connectivity index (χ4v) is 3.32. The summed E-state index contributed by atoms with van der Waals surface area (Å²) in [6.07, 6.45) is 1.70. The molecule has 3 rings (SSSR count). The molecule has 1 aromatic heterocycles. The first-order chi connectivity index (χ1) is 12.7. The first-order valence-electron chi connectivity index (χ1n) is 8.62. The van der Waals surface area contributed by atoms with Gasteiger partial charge < -0.3 is 4.74 Å². The molecule has 5 nitrogen and oxygen atoms in total. The second kappa shape index (κ2) is 7.27. The number of fused-ring (bicyclic) bond motifs is 1. The maximum atomic E-state index is 13.1. The summed E-state index contributed by atoms with van der Waals surface area (Å²) >= 11 is 3.47. The molecule has 27 heavy (non-hydrogen) atoms. The van der Waals surface area contributed by atoms with Gasteiger partial charge in [0.2, 0.25) is 0 Å². The van der Waals surface area contributed by atoms with E-state index in [0.717, 1.165) is 15.4 Å². The summed E-state index contributed by atoms with van der Waals surface area (Å²) in [4.78, 5) is 24.3. The highest BCUT2D eigenvalue weighted by atomic mass is 79.9. The lowest BCUT2D eigenvalue weighted by molar-refractivity contribution is -0.142. The molecule has 2 aromatic carbocycles. The van der Waals surface area contributed by atoms with E-state index in [1.165, 1.54) is 11.6 Å². The lowest BCUT2D eigenvalue weighted by Crippen LogP contribution is -2.23. The molecule has 0 aliphatic rings. The number of carbonyl (C=O) groups is 1. The highest BCUT2D eigenvalue weighted by Gasteiger charge is 2.17. The summed E-state index contributed by atoms with van der Waals surface area (Å²) in [6, 6.07) is 11.3. The van der Waals surface area contributed by atoms with E-state index in [0.29, 0.717) is 16.6 Å². The molecule has 6 heteroatoms. The van der Waals surface area contributed by atoms with Gasteiger partial charge in [0.25, 0.3) is 5.56 Å². The highest BCUT2D eigenvalue weighted by Crippen LogP contribution is 2.26. The van der Waals surface area contributed by atoms with Crippen LogP contribution in [0.1, 0.15) is 38.8 Å². The summed E-state index contributed by atoms with van der Waals surface area (Å²) < 4.78 is 7.24. The van der Waals surface area contributed by atoms with E-state index in [-0.39, 0.29) is 23.6 Å². The molecule has 0 bridgehead atoms. The summed E-state index contributed by atoms with van der Waals surface area (Å²) in [6.45, 7) is 7.80. The molecule has 0 N–H and O–H groups in total. The Morgan fingerprint density at radius 2 is 1.96 bits per heavy atom. The number of rotatable bonds is 3. The Balaban J connectivity index is 2.16. The van der Waals surface area contributed by atoms with Crippen LogP contribution in [-0.2, 0) is 21.6 Å². The van der Waals surface area contributed by atoms with Crippen molar-refractivity contribution in [2.45, 2.75) is 39.7 Å². The molecule has 0 fully saturated rings. The third-order valence-electron chi connectivity index (χ3n) is 4.39. The summed E-state index contributed by atoms with van der Waals surface area (Å²) in [5, 5.41) is 5.77. The second-order valence-corrected chi connectivity index (χ2v) is 8.29. The molecule has 0 amide bonds. The van der Waals surface area contributed by atoms with E-state index < -0.39 is 0 Å². The molecule has 1 heterocycles. The fraction of sp³-hybridized carbons (Fsp3) is 0.286. The number of carbonyl (C=O) groups excluding carboxylic acids is 1. The van der Waals surface area contributed by atoms with E-state index in [1.54, 1.807) is 12.3 Å². The monoisotopic (exact) mass is 428 g/mol. The van der Waals surface area contributed by atoms with Crippen molar-refractivity contribution in [1.82, 2.24) is 9.78 Å². The van der Waals surface area contributed by atoms with Crippen molar-refractivity contribution in [3.63, 3.8) is 0 Å². The van der Waals surface area contributed by atoms with Crippen LogP contribution in [0.3, 0.4) is 0 Å². The number of ether oxygens (including phenoxy) is 1. The lowest BCUT2D eigenvalue weighted by Gasteiger charge is -2.19. The Morgan fingerprint density at radius 1 is 1.22 bits per heavy atom. The number of halogens is 1. The van der Waals surface area contributed by atoms with E-state index >= 15 is 0 Å². The Kier molecular flexibility index (Phi) is 5.20. The van der Waals surface area contributed by atoms with Crippen LogP contribution in [0.2, 0.25) is 0 Å². The zero-order valence-corrected chi connectivity index (χ0v) is 17.3. The van der Waals surface area contributed by atoms with Crippen LogP contribution < -0.4 is 5.56 Å². The van der Waals surface area contributed by atoms with E-state index in [1.807, 2.05) is 30.3 Å². The largest absolute Gasteiger partial charge is 0.461 e. The standard InChI is InChI=1S/C21H21BrN2O3/c1-13(25)27-12-17-18(22)6-5-7-19(17)24-20(26)16-9-8-15(21(2,3)4)10-14(16)11-23-24/h5-11H,12H2,1-4H3. The Labute approximate surface area is 166 Å². The van der Waals surface area contributed by atoms with Gasteiger partial charge in [0.1, 0.15) is 6.61 Å². The van der Waals surface area contributed by atoms with Crippen molar-refractivity contribution >= 4 is 32.7 Å². The van der Waals surface area contributed by atoms with Gasteiger partial charge in [-0.25, -0.2) is 0 Å². The summed E-state index contributed by atoms with van der Waals surface area (Å²) in [5.41, 5.74) is 2.19. The lowest BCUT2D eigenvalue weighted by atomic mass is 9.86. The number of nitrogens with zero attached hydrogens (tertiary/aromatic N) is 2. The smallest absolute Gasteiger partial charge is 0.302 e. The van der Waals surface area contributed by atoms with Gasteiger partial charge in [-0.2, -0.15) is 9.78 Å². The molecule has 0 aliphatic heterocycles. The topological polar surface area (TPSA) is 61.2 Å². The predicted octanol–water partition coefficient (Wildman–Crippen LogP) is 4.51. The molecular weight excluding hydrogens is 408 g/mol. The highest BCUT2D eigenvalue weighted by molar-refractivity contribution is 9.10. The zero-order valence-electron chi connectivity index (χ0n) is 15.7. The fourth-order valence-electron chi connectivity index (χ4n) is 2.85. The molecule has 0 aliphatic carbocycles. The second-order valence-electron chi connectivity index (χ2n) is 7.43. The van der Waals surface area contributed by atoms with Crippen LogP contribution in [0.5, 0.6) is 0 Å². The predicted molar refractivity (Wildman–Crippen MR) is 109 cm³/mol. The third-order valence-corrected chi connectivity index (χ3v) is 5.14. The van der Waals surface area contributed by atoms with Gasteiger partial charge in [-0.1, -0.05) is 48.8 Å². The SMILES string of the molecule is CC(=O)OCc1c(Br)cccc1-n1ncc2cc(C(C)(C)C)ccc2c1=O. The Bertz CT molecular complexity index is 1080. The number of esters is 1. The zero-order chi connectivity index (χ0) is 19.8. The summed E-state index contributed by atoms with van der Waals surface area (Å²) in [5.74, 6) is -0.384. The van der Waals surface area contributed by atoms with Gasteiger partial charge in [0, 0.05) is 22.3 Å². The maximum absolute atomic E-state index is 13.1. The summed E-state index contributed by atoms with van der Waals surface area (Å²) in [7, 11) is 0. The van der Waals surface area contributed by atoms with Crippen LogP contribution in [0.4, 0.5) is 0 Å². The van der Waals surface area contributed by atoms with Gasteiger partial charge >= 0.3 is 5.97 Å². The number of hydrogen-bond acceptors (Lipinski definition) is 4. The van der Waals surface area contributed by atoms with Crippen LogP contribution in [0, 0.1) is 0 Å². The van der Waals surface area contributed by atoms with E-state index in [9.17, 15) is 9.59 Å². The van der Waals surface area contributed by atoms with Crippen molar-refractivity contribution in [1.29, 1.82) is 0 Å². The van der Waals surface area contributed by atoms with Crippen LogP contribution >= 0.6 is 15.9 Å². The van der Waals surface area contributed by atoms with E-state index in [2.05, 4.69) is 41.8 Å². The minimum atomic E-state index is -0.384. The van der Waals surface area contributed by atoms with Crippen LogP contribution in [0.15, 0.2) is 51.9 Å². The molecular formula is C21H21BrN2O3. The number of benzene rings is 2. The quantitative estimate of drug-likeness (QED) is 0.575. The first kappa shape index (κ1) is 19.3. The number of aromatic nitrogens is 2. The van der Waals surface area contributed by atoms with E-state index in [4.69, 9.17) is 4.74 Å². The van der Waals surface area contributed by atoms with Gasteiger partial charge in [0.15, 0.2) is 0 Å². The first-order valence-corrected chi connectivity index (χ1v) is 9.41. The average molecular weight is 429 g/mol. The molecule has 0 saturated carbocycles. The molecule has 0 unspecified atom stereocenters. The number of hydrogen-bond donors (Lipinski definition) is 0. The average Bonchev–Trinajstić information content (AvgIpc) is 2.60. The normalized spacial score (nSPS) is 11.6. The van der Waals surface area contributed by atoms with Crippen molar-refractivity contribution in [3.8, 4) is 5.69 Å². The molecule has 3 aromatic rings. The Morgan fingerprint density at radius 3 is 2.63 bits per heavy atom. The van der Waals surface area contributed by atoms with Gasteiger partial charge in [-0.05, 0) is 35.2 Å². The third kappa shape index (κ3) is 3.95. The molecule has 0 atom stereocenters. The van der Waals surface area contributed by atoms with Crippen molar-refractivity contribution in [2.75, 3.05) is 0 Å². The Hall–Kier alpha value is -2.47. The van der Waals surface area contributed by atoms with Gasteiger partial charge in [-0.3, -0.25) is 9.59 Å². The van der Waals surface area contributed by atoms with Gasteiger partial charge in [0.05, 0.1) is 17.3 Å². The van der Waals surface area contributed by atoms with Crippen molar-refractivity contribution in [2.24, 2.45) is 0 Å². The minimum Gasteiger partial charge on any atom is -0.461 e. The molecule has 140 valence electrons. The van der Waals surface area contributed by atoms with Crippen molar-refractivity contribution < 1.29 is 9.53 Å².